The van der Waals surface area contributed by atoms with Gasteiger partial charge in [-0.1, -0.05) is 167 Å². The fourth-order valence-electron chi connectivity index (χ4n) is 5.27. The van der Waals surface area contributed by atoms with Gasteiger partial charge in [0.2, 0.25) is 0 Å². The monoisotopic (exact) mass is 551 g/mol. The molecule has 0 spiro atoms. The number of aliphatic hydroxyl groups is 1. The molecule has 0 amide bonds. The molecule has 0 aromatic rings. The van der Waals surface area contributed by atoms with Gasteiger partial charge in [0.05, 0.1) is 6.61 Å². The number of rotatable bonds is 33. The first kappa shape index (κ1) is 38.2. The molecule has 0 unspecified atom stereocenters. The molecule has 0 aromatic carbocycles. The van der Waals surface area contributed by atoms with E-state index in [1.54, 1.807) is 0 Å². The second-order valence-electron chi connectivity index (χ2n) is 11.9. The standard InChI is InChI=1S/C36H70O3/c1-2-3-4-5-6-7-18-21-24-27-30-33-36(38)39-35-32-29-26-23-20-17-15-13-11-9-8-10-12-14-16-19-22-25-28-31-34-37/h5-6,37H,2-4,7-35H2,1H3. The van der Waals surface area contributed by atoms with Crippen molar-refractivity contribution in [3.63, 3.8) is 0 Å². The number of hydrogen-bond donors (Lipinski definition) is 1. The molecule has 0 aromatic heterocycles. The summed E-state index contributed by atoms with van der Waals surface area (Å²) >= 11 is 0. The average Bonchev–Trinajstić information content (AvgIpc) is 2.94. The summed E-state index contributed by atoms with van der Waals surface area (Å²) in [7, 11) is 0. The van der Waals surface area contributed by atoms with Crippen LogP contribution in [0, 0.1) is 0 Å². The zero-order valence-electron chi connectivity index (χ0n) is 26.5. The van der Waals surface area contributed by atoms with Gasteiger partial charge in [-0.05, 0) is 38.5 Å². The molecule has 3 heteroatoms. The molecular formula is C36H70O3. The lowest BCUT2D eigenvalue weighted by Crippen LogP contribution is -2.05. The van der Waals surface area contributed by atoms with Gasteiger partial charge in [0.1, 0.15) is 0 Å². The van der Waals surface area contributed by atoms with Crippen LogP contribution < -0.4 is 0 Å². The van der Waals surface area contributed by atoms with E-state index in [4.69, 9.17) is 9.84 Å². The molecule has 39 heavy (non-hydrogen) atoms. The third-order valence-corrected chi connectivity index (χ3v) is 7.96. The van der Waals surface area contributed by atoms with Gasteiger partial charge in [0, 0.05) is 13.0 Å². The topological polar surface area (TPSA) is 46.5 Å². The van der Waals surface area contributed by atoms with Crippen molar-refractivity contribution in [2.24, 2.45) is 0 Å². The van der Waals surface area contributed by atoms with E-state index in [1.807, 2.05) is 0 Å². The summed E-state index contributed by atoms with van der Waals surface area (Å²) < 4.78 is 5.42. The van der Waals surface area contributed by atoms with Crippen molar-refractivity contribution < 1.29 is 14.6 Å². The molecule has 0 atom stereocenters. The highest BCUT2D eigenvalue weighted by Gasteiger charge is 2.02. The summed E-state index contributed by atoms with van der Waals surface area (Å²) in [5, 5.41) is 8.78. The second-order valence-corrected chi connectivity index (χ2v) is 11.9. The first-order valence-corrected chi connectivity index (χ1v) is 17.7. The van der Waals surface area contributed by atoms with Crippen LogP contribution >= 0.6 is 0 Å². The number of carbonyl (C=O) groups excluding carboxylic acids is 1. The highest BCUT2D eigenvalue weighted by Crippen LogP contribution is 2.15. The Morgan fingerprint density at radius 2 is 0.846 bits per heavy atom. The minimum Gasteiger partial charge on any atom is -0.466 e. The number of allylic oxidation sites excluding steroid dienone is 2. The fourth-order valence-corrected chi connectivity index (χ4v) is 5.27. The van der Waals surface area contributed by atoms with Crippen LogP contribution in [-0.2, 0) is 9.53 Å². The third-order valence-electron chi connectivity index (χ3n) is 7.96. The minimum atomic E-state index is 0.00936. The maximum Gasteiger partial charge on any atom is 0.305 e. The Balaban J connectivity index is 3.15. The minimum absolute atomic E-state index is 0.00936. The molecule has 0 saturated heterocycles. The summed E-state index contributed by atoms with van der Waals surface area (Å²) in [5.41, 5.74) is 0. The summed E-state index contributed by atoms with van der Waals surface area (Å²) in [6, 6.07) is 0. The van der Waals surface area contributed by atoms with E-state index in [0.29, 0.717) is 19.6 Å². The number of unbranched alkanes of at least 4 members (excludes halogenated alkanes) is 26. The number of esters is 1. The molecule has 0 bridgehead atoms. The quantitative estimate of drug-likeness (QED) is 0.0502. The summed E-state index contributed by atoms with van der Waals surface area (Å²) in [4.78, 5) is 11.9. The van der Waals surface area contributed by atoms with Crippen molar-refractivity contribution >= 4 is 5.97 Å². The lowest BCUT2D eigenvalue weighted by atomic mass is 10.0. The highest BCUT2D eigenvalue weighted by atomic mass is 16.5. The molecule has 3 nitrogen and oxygen atoms in total. The Morgan fingerprint density at radius 3 is 1.28 bits per heavy atom. The zero-order chi connectivity index (χ0) is 28.3. The number of ether oxygens (including phenoxy) is 1. The van der Waals surface area contributed by atoms with Crippen molar-refractivity contribution in [2.75, 3.05) is 13.2 Å². The largest absolute Gasteiger partial charge is 0.466 e. The molecule has 1 N–H and O–H groups in total. The molecular weight excluding hydrogens is 480 g/mol. The van der Waals surface area contributed by atoms with Gasteiger partial charge >= 0.3 is 5.97 Å². The average molecular weight is 551 g/mol. The Morgan fingerprint density at radius 1 is 0.487 bits per heavy atom. The van der Waals surface area contributed by atoms with E-state index < -0.39 is 0 Å². The van der Waals surface area contributed by atoms with Crippen molar-refractivity contribution in [3.8, 4) is 0 Å². The van der Waals surface area contributed by atoms with Crippen LogP contribution in [0.3, 0.4) is 0 Å². The van der Waals surface area contributed by atoms with Gasteiger partial charge in [-0.25, -0.2) is 0 Å². The van der Waals surface area contributed by atoms with Crippen LogP contribution in [-0.4, -0.2) is 24.3 Å². The number of aliphatic hydroxyl groups excluding tert-OH is 1. The Kier molecular flexibility index (Phi) is 34.4. The SMILES string of the molecule is CCCCC=CCCCCCCCC(=O)OCCCCCCCCCCCCCCCCCCCCCCO. The lowest BCUT2D eigenvalue weighted by Gasteiger charge is -2.06. The van der Waals surface area contributed by atoms with Gasteiger partial charge in [0.15, 0.2) is 0 Å². The molecule has 0 aliphatic rings. The van der Waals surface area contributed by atoms with E-state index in [2.05, 4.69) is 19.1 Å². The van der Waals surface area contributed by atoms with Crippen LogP contribution in [0.2, 0.25) is 0 Å². The predicted octanol–water partition coefficient (Wildman–Crippen LogP) is 11.8. The normalized spacial score (nSPS) is 11.5. The molecule has 0 fully saturated rings. The third kappa shape index (κ3) is 35.1. The lowest BCUT2D eigenvalue weighted by molar-refractivity contribution is -0.143. The van der Waals surface area contributed by atoms with Crippen molar-refractivity contribution in [1.82, 2.24) is 0 Å². The molecule has 0 aliphatic carbocycles. The summed E-state index contributed by atoms with van der Waals surface area (Å²) in [6.07, 6.45) is 42.9. The maximum atomic E-state index is 11.9. The molecule has 232 valence electrons. The second kappa shape index (κ2) is 35.2. The molecule has 0 radical (unpaired) electrons. The van der Waals surface area contributed by atoms with E-state index in [9.17, 15) is 4.79 Å². The smallest absolute Gasteiger partial charge is 0.305 e. The van der Waals surface area contributed by atoms with Crippen LogP contribution in [0.15, 0.2) is 12.2 Å². The van der Waals surface area contributed by atoms with Gasteiger partial charge in [-0.15, -0.1) is 0 Å². The first-order chi connectivity index (χ1) is 19.3. The Hall–Kier alpha value is -0.830. The van der Waals surface area contributed by atoms with Gasteiger partial charge in [0.25, 0.3) is 0 Å². The molecule has 0 saturated carbocycles. The summed E-state index contributed by atoms with van der Waals surface area (Å²) in [5.74, 6) is 0.00936. The number of carbonyl (C=O) groups is 1. The highest BCUT2D eigenvalue weighted by molar-refractivity contribution is 5.69. The number of hydrogen-bond acceptors (Lipinski definition) is 3. The first-order valence-electron chi connectivity index (χ1n) is 17.7. The van der Waals surface area contributed by atoms with Crippen molar-refractivity contribution in [3.05, 3.63) is 12.2 Å². The molecule has 0 rings (SSSR count). The van der Waals surface area contributed by atoms with Crippen LogP contribution in [0.25, 0.3) is 0 Å². The Bertz CT molecular complexity index is 488. The van der Waals surface area contributed by atoms with E-state index in [-0.39, 0.29) is 5.97 Å². The van der Waals surface area contributed by atoms with E-state index in [1.165, 1.54) is 161 Å². The zero-order valence-corrected chi connectivity index (χ0v) is 26.5. The molecule has 0 heterocycles. The van der Waals surface area contributed by atoms with Crippen molar-refractivity contribution in [2.45, 2.75) is 200 Å². The predicted molar refractivity (Wildman–Crippen MR) is 171 cm³/mol. The van der Waals surface area contributed by atoms with Crippen LogP contribution in [0.4, 0.5) is 0 Å². The fraction of sp³-hybridized carbons (Fsp3) is 0.917. The van der Waals surface area contributed by atoms with E-state index in [0.717, 1.165) is 25.7 Å². The van der Waals surface area contributed by atoms with E-state index >= 15 is 0 Å². The Labute approximate surface area is 245 Å². The van der Waals surface area contributed by atoms with Crippen LogP contribution in [0.5, 0.6) is 0 Å². The maximum absolute atomic E-state index is 11.9. The summed E-state index contributed by atoms with van der Waals surface area (Å²) in [6.45, 7) is 3.22. The van der Waals surface area contributed by atoms with Gasteiger partial charge < -0.3 is 9.84 Å². The van der Waals surface area contributed by atoms with Crippen LogP contribution in [0.1, 0.15) is 200 Å². The van der Waals surface area contributed by atoms with Gasteiger partial charge in [-0.2, -0.15) is 0 Å². The van der Waals surface area contributed by atoms with Crippen molar-refractivity contribution in [1.29, 1.82) is 0 Å². The molecule has 0 aliphatic heterocycles. The van der Waals surface area contributed by atoms with Gasteiger partial charge in [-0.3, -0.25) is 4.79 Å².